The quantitative estimate of drug-likeness (QED) is 0.458. The van der Waals surface area contributed by atoms with Crippen molar-refractivity contribution >= 4 is 20.9 Å². The zero-order chi connectivity index (χ0) is 17.9. The number of nitroso groups, excluding NO2 is 2. The fourth-order valence-electron chi connectivity index (χ4n) is 2.71. The van der Waals surface area contributed by atoms with E-state index in [0.717, 1.165) is 10.8 Å². The van der Waals surface area contributed by atoms with Crippen molar-refractivity contribution in [1.82, 2.24) is 0 Å². The van der Waals surface area contributed by atoms with Crippen molar-refractivity contribution in [2.45, 2.75) is 19.1 Å². The monoisotopic (exact) mass is 354 g/mol. The van der Waals surface area contributed by atoms with E-state index in [1.165, 1.54) is 14.1 Å². The van der Waals surface area contributed by atoms with Crippen LogP contribution in [0.4, 0.5) is 0 Å². The van der Waals surface area contributed by atoms with Gasteiger partial charge in [0.1, 0.15) is 12.1 Å². The summed E-state index contributed by atoms with van der Waals surface area (Å²) in [6, 6.07) is 7.14. The zero-order valence-electron chi connectivity index (χ0n) is 13.5. The SMILES string of the molecule is C[N+](=O)C(c1cccc2c[n+](CCCS(=O)(=O)O)ccc12)[N+](C)=O. The highest BCUT2D eigenvalue weighted by molar-refractivity contribution is 7.85. The van der Waals surface area contributed by atoms with Crippen molar-refractivity contribution in [2.24, 2.45) is 0 Å². The van der Waals surface area contributed by atoms with Crippen molar-refractivity contribution < 1.29 is 27.1 Å². The fourth-order valence-corrected chi connectivity index (χ4v) is 3.21. The minimum Gasteiger partial charge on any atom is -0.286 e. The van der Waals surface area contributed by atoms with Crippen LogP contribution < -0.4 is 4.57 Å². The van der Waals surface area contributed by atoms with Gasteiger partial charge in [0.25, 0.3) is 10.1 Å². The molecule has 2 rings (SSSR count). The van der Waals surface area contributed by atoms with Gasteiger partial charge >= 0.3 is 6.17 Å². The average molecular weight is 354 g/mol. The average Bonchev–Trinajstić information content (AvgIpc) is 2.45. The molecule has 128 valence electrons. The molecule has 1 heterocycles. The van der Waals surface area contributed by atoms with Crippen molar-refractivity contribution in [3.63, 3.8) is 0 Å². The molecule has 0 saturated carbocycles. The summed E-state index contributed by atoms with van der Waals surface area (Å²) in [4.78, 5) is 23.4. The van der Waals surface area contributed by atoms with Crippen LogP contribution in [0.5, 0.6) is 0 Å². The second-order valence-electron chi connectivity index (χ2n) is 5.64. The number of aromatic nitrogens is 1. The Morgan fingerprint density at radius 1 is 1.17 bits per heavy atom. The Labute approximate surface area is 139 Å². The van der Waals surface area contributed by atoms with E-state index in [0.29, 0.717) is 21.6 Å². The van der Waals surface area contributed by atoms with E-state index in [1.807, 2.05) is 12.3 Å². The molecule has 1 aromatic carbocycles. The van der Waals surface area contributed by atoms with Crippen LogP contribution in [0.3, 0.4) is 0 Å². The second-order valence-corrected chi connectivity index (χ2v) is 7.21. The van der Waals surface area contributed by atoms with Gasteiger partial charge in [-0.3, -0.25) is 4.55 Å². The number of benzene rings is 1. The van der Waals surface area contributed by atoms with Crippen LogP contribution in [-0.2, 0) is 16.7 Å². The van der Waals surface area contributed by atoms with Gasteiger partial charge in [0.15, 0.2) is 26.5 Å². The summed E-state index contributed by atoms with van der Waals surface area (Å²) >= 11 is 0. The molecule has 0 spiro atoms. The molecule has 0 unspecified atom stereocenters. The van der Waals surface area contributed by atoms with Gasteiger partial charge < -0.3 is 0 Å². The summed E-state index contributed by atoms with van der Waals surface area (Å²) in [6.07, 6.45) is 2.91. The molecular formula is C15H20N3O5S+3. The minimum absolute atomic E-state index is 0.282. The van der Waals surface area contributed by atoms with E-state index in [2.05, 4.69) is 0 Å². The third-order valence-corrected chi connectivity index (χ3v) is 4.50. The van der Waals surface area contributed by atoms with E-state index in [4.69, 9.17) is 4.55 Å². The van der Waals surface area contributed by atoms with Gasteiger partial charge in [0, 0.05) is 33.1 Å². The largest absolute Gasteiger partial charge is 0.456 e. The first kappa shape index (κ1) is 18.1. The molecule has 0 fully saturated rings. The molecule has 9 heteroatoms. The maximum atomic E-state index is 11.7. The summed E-state index contributed by atoms with van der Waals surface area (Å²) < 4.78 is 33.3. The van der Waals surface area contributed by atoms with Crippen LogP contribution >= 0.6 is 0 Å². The molecule has 1 aromatic heterocycles. The maximum Gasteiger partial charge on any atom is 0.456 e. The highest BCUT2D eigenvalue weighted by Gasteiger charge is 2.37. The molecular weight excluding hydrogens is 334 g/mol. The number of pyridine rings is 1. The summed E-state index contributed by atoms with van der Waals surface area (Å²) in [5.41, 5.74) is 0.604. The number of nitrogens with zero attached hydrogens (tertiary/aromatic N) is 3. The van der Waals surface area contributed by atoms with E-state index < -0.39 is 16.3 Å². The molecule has 0 aliphatic carbocycles. The van der Waals surface area contributed by atoms with Crippen LogP contribution in [-0.4, -0.2) is 42.3 Å². The van der Waals surface area contributed by atoms with E-state index in [1.54, 1.807) is 29.0 Å². The number of fused-ring (bicyclic) bond motifs is 1. The van der Waals surface area contributed by atoms with E-state index in [-0.39, 0.29) is 12.2 Å². The summed E-state index contributed by atoms with van der Waals surface area (Å²) in [5, 5.41) is 1.61. The first-order chi connectivity index (χ1) is 11.2. The Morgan fingerprint density at radius 3 is 2.42 bits per heavy atom. The van der Waals surface area contributed by atoms with Gasteiger partial charge in [-0.1, -0.05) is 6.07 Å². The number of aryl methyl sites for hydroxylation is 1. The van der Waals surface area contributed by atoms with Gasteiger partial charge in [0.2, 0.25) is 0 Å². The number of hydrogen-bond donors (Lipinski definition) is 1. The van der Waals surface area contributed by atoms with Crippen LogP contribution in [0, 0.1) is 9.81 Å². The molecule has 0 radical (unpaired) electrons. The Bertz CT molecular complexity index is 881. The maximum absolute atomic E-state index is 11.7. The second kappa shape index (κ2) is 7.10. The topological polar surface area (TPSA) is 98.4 Å². The zero-order valence-corrected chi connectivity index (χ0v) is 14.3. The summed E-state index contributed by atoms with van der Waals surface area (Å²) in [5.74, 6) is -0.303. The standard InChI is InChI=1S/C15H19N3O5S/c1-16(19)15(17(2)20)14-6-3-5-12-11-18(9-7-13(12)14)8-4-10-24(21,22)23/h3,5-7,9,11,15H,4,8,10H2,1-2H3/q+2/p+1. The number of rotatable bonds is 7. The number of hydrogen-bond acceptors (Lipinski definition) is 4. The lowest BCUT2D eigenvalue weighted by Gasteiger charge is -2.04. The van der Waals surface area contributed by atoms with Gasteiger partial charge in [-0.25, -0.2) is 4.57 Å². The molecule has 0 aliphatic rings. The molecule has 2 aromatic rings. The van der Waals surface area contributed by atoms with Crippen LogP contribution in [0.1, 0.15) is 18.2 Å². The Morgan fingerprint density at radius 2 is 1.83 bits per heavy atom. The van der Waals surface area contributed by atoms with Gasteiger partial charge in [-0.15, -0.1) is 0 Å². The molecule has 0 aliphatic heterocycles. The van der Waals surface area contributed by atoms with Crippen LogP contribution in [0.2, 0.25) is 0 Å². The lowest BCUT2D eigenvalue weighted by atomic mass is 10.0. The normalized spacial score (nSPS) is 11.8. The third kappa shape index (κ3) is 4.39. The lowest BCUT2D eigenvalue weighted by Crippen LogP contribution is -2.33. The van der Waals surface area contributed by atoms with Gasteiger partial charge in [-0.05, 0) is 12.1 Å². The van der Waals surface area contributed by atoms with E-state index >= 15 is 0 Å². The highest BCUT2D eigenvalue weighted by Crippen LogP contribution is 2.25. The smallest absolute Gasteiger partial charge is 0.286 e. The predicted molar refractivity (Wildman–Crippen MR) is 87.0 cm³/mol. The molecule has 8 nitrogen and oxygen atoms in total. The Balaban J connectivity index is 2.35. The first-order valence-electron chi connectivity index (χ1n) is 7.36. The first-order valence-corrected chi connectivity index (χ1v) is 8.97. The molecule has 0 atom stereocenters. The van der Waals surface area contributed by atoms with Gasteiger partial charge in [0.05, 0.1) is 15.3 Å². The highest BCUT2D eigenvalue weighted by atomic mass is 32.2. The Kier molecular flexibility index (Phi) is 5.35. The third-order valence-electron chi connectivity index (χ3n) is 3.70. The fraction of sp³-hybridized carbons (Fsp3) is 0.400. The molecule has 24 heavy (non-hydrogen) atoms. The molecule has 1 N–H and O–H groups in total. The van der Waals surface area contributed by atoms with Crippen molar-refractivity contribution in [3.05, 3.63) is 52.0 Å². The molecule has 0 bridgehead atoms. The summed E-state index contributed by atoms with van der Waals surface area (Å²) in [7, 11) is -1.36. The van der Waals surface area contributed by atoms with Crippen molar-refractivity contribution in [2.75, 3.05) is 19.8 Å². The van der Waals surface area contributed by atoms with Gasteiger partial charge in [-0.2, -0.15) is 8.42 Å². The Hall–Kier alpha value is -2.26. The summed E-state index contributed by atoms with van der Waals surface area (Å²) in [6.45, 7) is 0.423. The minimum atomic E-state index is -3.97. The molecule has 0 saturated heterocycles. The van der Waals surface area contributed by atoms with Crippen molar-refractivity contribution in [3.8, 4) is 0 Å². The molecule has 0 amide bonds. The van der Waals surface area contributed by atoms with Crippen molar-refractivity contribution in [1.29, 1.82) is 0 Å². The lowest BCUT2D eigenvalue weighted by molar-refractivity contribution is -0.784. The van der Waals surface area contributed by atoms with Crippen LogP contribution in [0.15, 0.2) is 36.7 Å². The predicted octanol–water partition coefficient (Wildman–Crippen LogP) is 1.22. The van der Waals surface area contributed by atoms with Crippen LogP contribution in [0.25, 0.3) is 10.8 Å². The van der Waals surface area contributed by atoms with E-state index in [9.17, 15) is 18.2 Å².